The van der Waals surface area contributed by atoms with Crippen LogP contribution < -0.4 is 4.74 Å². The van der Waals surface area contributed by atoms with Crippen molar-refractivity contribution in [2.24, 2.45) is 5.92 Å². The summed E-state index contributed by atoms with van der Waals surface area (Å²) >= 11 is 0. The van der Waals surface area contributed by atoms with Gasteiger partial charge < -0.3 is 9.47 Å². The molecule has 1 aromatic carbocycles. The highest BCUT2D eigenvalue weighted by Crippen LogP contribution is 2.37. The molecule has 0 amide bonds. The lowest BCUT2D eigenvalue weighted by atomic mass is 10.1. The zero-order valence-corrected chi connectivity index (χ0v) is 14.2. The summed E-state index contributed by atoms with van der Waals surface area (Å²) in [6, 6.07) is 3.60. The smallest absolute Gasteiger partial charge is 0.273 e. The third-order valence-electron chi connectivity index (χ3n) is 4.36. The predicted molar refractivity (Wildman–Crippen MR) is 85.5 cm³/mol. The molecule has 9 heteroatoms. The Morgan fingerprint density at radius 3 is 2.67 bits per heavy atom. The maximum absolute atomic E-state index is 13.1. The summed E-state index contributed by atoms with van der Waals surface area (Å²) in [5, 5.41) is 10.9. The predicted octanol–water partition coefficient (Wildman–Crippen LogP) is 1.79. The fourth-order valence-electron chi connectivity index (χ4n) is 2.90. The van der Waals surface area contributed by atoms with Crippen LogP contribution in [0.25, 0.3) is 0 Å². The Balaban J connectivity index is 1.93. The van der Waals surface area contributed by atoms with Gasteiger partial charge in [0.1, 0.15) is 10.6 Å². The number of methoxy groups -OCH3 is 1. The summed E-state index contributed by atoms with van der Waals surface area (Å²) in [5.41, 5.74) is -0.201. The lowest BCUT2D eigenvalue weighted by Gasteiger charge is -2.25. The van der Waals surface area contributed by atoms with Crippen molar-refractivity contribution in [3.63, 3.8) is 0 Å². The minimum Gasteiger partial charge on any atom is -0.495 e. The molecule has 2 fully saturated rings. The molecule has 0 spiro atoms. The normalized spacial score (nSPS) is 21.2. The first-order chi connectivity index (χ1) is 11.4. The van der Waals surface area contributed by atoms with E-state index in [4.69, 9.17) is 9.47 Å². The van der Waals surface area contributed by atoms with Gasteiger partial charge in [0.05, 0.1) is 24.7 Å². The Morgan fingerprint density at radius 2 is 2.12 bits per heavy atom. The number of nitro benzene ring substituents is 1. The summed E-state index contributed by atoms with van der Waals surface area (Å²) in [6.07, 6.45) is 2.51. The molecule has 0 unspecified atom stereocenters. The summed E-state index contributed by atoms with van der Waals surface area (Å²) < 4.78 is 38.2. The van der Waals surface area contributed by atoms with E-state index < -0.39 is 14.9 Å². The van der Waals surface area contributed by atoms with Crippen molar-refractivity contribution in [3.05, 3.63) is 28.3 Å². The molecule has 0 bridgehead atoms. The molecule has 0 aromatic heterocycles. The van der Waals surface area contributed by atoms with Crippen molar-refractivity contribution in [2.45, 2.75) is 30.2 Å². The Hall–Kier alpha value is -1.71. The molecule has 0 N–H and O–H groups in total. The van der Waals surface area contributed by atoms with E-state index in [1.807, 2.05) is 0 Å². The van der Waals surface area contributed by atoms with Crippen LogP contribution in [0.4, 0.5) is 5.69 Å². The van der Waals surface area contributed by atoms with Crippen molar-refractivity contribution in [2.75, 3.05) is 26.9 Å². The van der Waals surface area contributed by atoms with Crippen LogP contribution in [0.5, 0.6) is 5.75 Å². The van der Waals surface area contributed by atoms with E-state index in [1.165, 1.54) is 23.5 Å². The maximum Gasteiger partial charge on any atom is 0.273 e. The van der Waals surface area contributed by atoms with Crippen molar-refractivity contribution >= 4 is 15.7 Å². The minimum atomic E-state index is -3.78. The van der Waals surface area contributed by atoms with Crippen LogP contribution in [-0.2, 0) is 14.8 Å². The average Bonchev–Trinajstić information content (AvgIpc) is 3.27. The van der Waals surface area contributed by atoms with Crippen LogP contribution >= 0.6 is 0 Å². The van der Waals surface area contributed by atoms with Gasteiger partial charge in [0.25, 0.3) is 5.69 Å². The van der Waals surface area contributed by atoms with Gasteiger partial charge in [0.2, 0.25) is 10.0 Å². The lowest BCUT2D eigenvalue weighted by Crippen LogP contribution is -2.37. The molecule has 8 nitrogen and oxygen atoms in total. The van der Waals surface area contributed by atoms with Gasteiger partial charge in [-0.1, -0.05) is 0 Å². The third-order valence-corrected chi connectivity index (χ3v) is 6.32. The van der Waals surface area contributed by atoms with Gasteiger partial charge in [0.15, 0.2) is 0 Å². The van der Waals surface area contributed by atoms with Gasteiger partial charge in [-0.25, -0.2) is 8.42 Å². The van der Waals surface area contributed by atoms with Crippen LogP contribution in [0.15, 0.2) is 23.1 Å². The Bertz CT molecular complexity index is 725. The molecule has 1 aromatic rings. The number of nitro groups is 1. The third kappa shape index (κ3) is 3.38. The summed E-state index contributed by atoms with van der Waals surface area (Å²) in [6.45, 7) is 1.63. The molecular formula is C15H20N2O6S. The minimum absolute atomic E-state index is 0.00229. The van der Waals surface area contributed by atoms with Crippen molar-refractivity contribution < 1.29 is 22.8 Å². The average molecular weight is 356 g/mol. The fraction of sp³-hybridized carbons (Fsp3) is 0.600. The van der Waals surface area contributed by atoms with Gasteiger partial charge in [-0.2, -0.15) is 4.31 Å². The molecule has 0 radical (unpaired) electrons. The SMILES string of the molecule is COc1cc([N+](=O)[O-])ccc1S(=O)(=O)N(C[C@@H]1CCOC1)C1CC1. The first-order valence-electron chi connectivity index (χ1n) is 7.85. The van der Waals surface area contributed by atoms with E-state index >= 15 is 0 Å². The molecule has 1 saturated heterocycles. The van der Waals surface area contributed by atoms with Gasteiger partial charge in [-0.15, -0.1) is 0 Å². The molecule has 1 heterocycles. The van der Waals surface area contributed by atoms with Gasteiger partial charge in [0, 0.05) is 25.3 Å². The molecule has 24 heavy (non-hydrogen) atoms. The van der Waals surface area contributed by atoms with Gasteiger partial charge in [-0.05, 0) is 31.2 Å². The van der Waals surface area contributed by atoms with Crippen LogP contribution in [0.1, 0.15) is 19.3 Å². The largest absolute Gasteiger partial charge is 0.495 e. The first-order valence-corrected chi connectivity index (χ1v) is 9.29. The van der Waals surface area contributed by atoms with Crippen molar-refractivity contribution in [1.82, 2.24) is 4.31 Å². The number of hydrogen-bond acceptors (Lipinski definition) is 6. The zero-order valence-electron chi connectivity index (χ0n) is 13.4. The van der Waals surface area contributed by atoms with E-state index in [9.17, 15) is 18.5 Å². The topological polar surface area (TPSA) is 99.0 Å². The monoisotopic (exact) mass is 356 g/mol. The zero-order chi connectivity index (χ0) is 17.3. The van der Waals surface area contributed by atoms with E-state index in [2.05, 4.69) is 0 Å². The van der Waals surface area contributed by atoms with E-state index in [0.717, 1.165) is 25.3 Å². The number of non-ortho nitro benzene ring substituents is 1. The Kier molecular flexibility index (Phi) is 4.75. The summed E-state index contributed by atoms with van der Waals surface area (Å²) in [5.74, 6) is 0.182. The van der Waals surface area contributed by atoms with Gasteiger partial charge in [-0.3, -0.25) is 10.1 Å². The number of sulfonamides is 1. The quantitative estimate of drug-likeness (QED) is 0.545. The first kappa shape index (κ1) is 17.1. The van der Waals surface area contributed by atoms with Crippen molar-refractivity contribution in [1.29, 1.82) is 0 Å². The molecule has 1 aliphatic carbocycles. The fourth-order valence-corrected chi connectivity index (χ4v) is 4.80. The number of rotatable bonds is 7. The van der Waals surface area contributed by atoms with Gasteiger partial charge >= 0.3 is 0 Å². The second-order valence-corrected chi connectivity index (χ2v) is 7.99. The van der Waals surface area contributed by atoms with Crippen LogP contribution in [0.3, 0.4) is 0 Å². The highest BCUT2D eigenvalue weighted by molar-refractivity contribution is 7.89. The summed E-state index contributed by atoms with van der Waals surface area (Å²) in [4.78, 5) is 10.3. The number of ether oxygens (including phenoxy) is 2. The lowest BCUT2D eigenvalue weighted by molar-refractivity contribution is -0.385. The van der Waals surface area contributed by atoms with Crippen molar-refractivity contribution in [3.8, 4) is 5.75 Å². The maximum atomic E-state index is 13.1. The molecule has 132 valence electrons. The molecule has 1 saturated carbocycles. The Labute approximate surface area is 140 Å². The van der Waals surface area contributed by atoms with E-state index in [1.54, 1.807) is 0 Å². The molecular weight excluding hydrogens is 336 g/mol. The highest BCUT2D eigenvalue weighted by Gasteiger charge is 2.41. The van der Waals surface area contributed by atoms with E-state index in [-0.39, 0.29) is 28.3 Å². The Morgan fingerprint density at radius 1 is 1.38 bits per heavy atom. The second-order valence-electron chi connectivity index (χ2n) is 6.13. The number of hydrogen-bond donors (Lipinski definition) is 0. The molecule has 3 rings (SSSR count). The molecule has 2 aliphatic rings. The second kappa shape index (κ2) is 6.66. The van der Waals surface area contributed by atoms with Crippen LogP contribution in [0.2, 0.25) is 0 Å². The number of benzene rings is 1. The standard InChI is InChI=1S/C15H20N2O6S/c1-22-14-8-13(17(18)19)4-5-15(14)24(20,21)16(12-2-3-12)9-11-6-7-23-10-11/h4-5,8,11-12H,2-3,6-7,9-10H2,1H3/t11-/m0/s1. The van der Waals surface area contributed by atoms with Crippen LogP contribution in [-0.4, -0.2) is 50.6 Å². The molecule has 1 aliphatic heterocycles. The highest BCUT2D eigenvalue weighted by atomic mass is 32.2. The van der Waals surface area contributed by atoms with E-state index in [0.29, 0.717) is 19.8 Å². The van der Waals surface area contributed by atoms with Crippen LogP contribution in [0, 0.1) is 16.0 Å². The summed E-state index contributed by atoms with van der Waals surface area (Å²) in [7, 11) is -2.47. The molecule has 1 atom stereocenters. The number of nitrogens with zero attached hydrogens (tertiary/aromatic N) is 2.